The Morgan fingerprint density at radius 2 is 1.64 bits per heavy atom. The summed E-state index contributed by atoms with van der Waals surface area (Å²) < 4.78 is 38.8. The average Bonchev–Trinajstić information content (AvgIpc) is 3.45. The third-order valence-electron chi connectivity index (χ3n) is 9.76. The van der Waals surface area contributed by atoms with E-state index in [4.69, 9.17) is 4.74 Å². The van der Waals surface area contributed by atoms with E-state index < -0.39 is 29.3 Å². The molecule has 8 rings (SSSR count). The van der Waals surface area contributed by atoms with Crippen molar-refractivity contribution in [1.82, 2.24) is 9.58 Å². The fourth-order valence-corrected chi connectivity index (χ4v) is 8.10. The summed E-state index contributed by atoms with van der Waals surface area (Å²) in [6.45, 7) is 0.393. The summed E-state index contributed by atoms with van der Waals surface area (Å²) in [6.07, 6.45) is 5.09. The zero-order chi connectivity index (χ0) is 26.6. The molecule has 1 amide bonds. The van der Waals surface area contributed by atoms with Gasteiger partial charge in [0.15, 0.2) is 11.4 Å². The first-order valence-electron chi connectivity index (χ1n) is 13.6. The van der Waals surface area contributed by atoms with Crippen molar-refractivity contribution < 1.29 is 23.4 Å². The van der Waals surface area contributed by atoms with E-state index in [1.54, 1.807) is 21.7 Å². The van der Waals surface area contributed by atoms with Gasteiger partial charge in [-0.1, -0.05) is 24.3 Å². The molecule has 5 aliphatic rings. The number of piperidine rings is 1. The van der Waals surface area contributed by atoms with Gasteiger partial charge in [0.2, 0.25) is 5.43 Å². The number of rotatable bonds is 1. The zero-order valence-corrected chi connectivity index (χ0v) is 21.1. The lowest BCUT2D eigenvalue weighted by Crippen LogP contribution is -2.70. The number of nitrogens with zero attached hydrogens (tertiary/aromatic N) is 3. The van der Waals surface area contributed by atoms with Crippen LogP contribution >= 0.6 is 0 Å². The molecule has 0 radical (unpaired) electrons. The van der Waals surface area contributed by atoms with Gasteiger partial charge in [0.1, 0.15) is 17.8 Å². The summed E-state index contributed by atoms with van der Waals surface area (Å²) in [6, 6.07) is 10.4. The van der Waals surface area contributed by atoms with Gasteiger partial charge in [-0.15, -0.1) is 0 Å². The van der Waals surface area contributed by atoms with Gasteiger partial charge < -0.3 is 14.7 Å². The molecule has 200 valence electrons. The van der Waals surface area contributed by atoms with E-state index in [9.17, 15) is 14.7 Å². The van der Waals surface area contributed by atoms with Crippen LogP contribution in [0.4, 0.5) is 8.78 Å². The summed E-state index contributed by atoms with van der Waals surface area (Å²) in [5.74, 6) is -1.80. The number of hydrogen-bond donors (Lipinski definition) is 1. The fourth-order valence-electron chi connectivity index (χ4n) is 8.10. The number of aromatic hydroxyl groups is 1. The number of carbonyl (C=O) groups is 1. The van der Waals surface area contributed by atoms with E-state index in [0.29, 0.717) is 48.1 Å². The number of carbonyl (C=O) groups excluding carboxylic acids is 1. The molecule has 4 aliphatic heterocycles. The number of halogens is 2. The molecule has 3 aromatic rings. The van der Waals surface area contributed by atoms with E-state index in [1.165, 1.54) is 24.4 Å². The van der Waals surface area contributed by atoms with Gasteiger partial charge in [-0.2, -0.15) is 0 Å². The first kappa shape index (κ1) is 23.2. The third-order valence-corrected chi connectivity index (χ3v) is 9.76. The third kappa shape index (κ3) is 2.99. The molecule has 3 fully saturated rings. The molecular formula is C30H27F2N3O4. The second kappa shape index (κ2) is 7.91. The molecule has 0 saturated carbocycles. The molecule has 1 aliphatic carbocycles. The lowest BCUT2D eigenvalue weighted by Gasteiger charge is -2.57. The SMILES string of the molecule is O=C1c2c(O)c(=O)ccn2N(C2c3cccc(F)c3CCc3c(F)cccc32)[C@@H]2[C@H]3C[C@@H]4CC[C@@]3(CCN12)O4. The summed E-state index contributed by atoms with van der Waals surface area (Å²) in [7, 11) is 0. The van der Waals surface area contributed by atoms with Crippen molar-refractivity contribution in [2.45, 2.75) is 62.4 Å². The molecule has 39 heavy (non-hydrogen) atoms. The number of aromatic nitrogens is 1. The Balaban J connectivity index is 1.44. The Morgan fingerprint density at radius 3 is 2.31 bits per heavy atom. The van der Waals surface area contributed by atoms with Gasteiger partial charge in [-0.05, 0) is 72.9 Å². The maximum Gasteiger partial charge on any atom is 0.278 e. The molecule has 5 heterocycles. The van der Waals surface area contributed by atoms with Gasteiger partial charge in [-0.25, -0.2) is 8.78 Å². The average molecular weight is 532 g/mol. The molecule has 4 atom stereocenters. The molecule has 9 heteroatoms. The fraction of sp³-hybridized carbons (Fsp3) is 0.400. The minimum absolute atomic E-state index is 0.0408. The van der Waals surface area contributed by atoms with Crippen molar-refractivity contribution in [2.24, 2.45) is 5.92 Å². The van der Waals surface area contributed by atoms with Crippen LogP contribution in [0.3, 0.4) is 0 Å². The standard InChI is InChI=1S/C30H27F2N3O4/c31-22-5-1-3-19-17(22)7-8-18-20(4-2-6-23(18)32)25(19)35-28-21-15-16-9-11-30(21,39-16)12-14-33(28)29(38)26-27(37)24(36)10-13-34(26)35/h1-6,10,13,16,21,25,28,37H,7-9,11-12,14-15H2/t16-,21+,28+,30-/m0/s1. The first-order chi connectivity index (χ1) is 18.9. The highest BCUT2D eigenvalue weighted by Crippen LogP contribution is 2.56. The Labute approximate surface area is 223 Å². The van der Waals surface area contributed by atoms with Gasteiger partial charge in [0.05, 0.1) is 17.7 Å². The Bertz CT molecular complexity index is 1570. The van der Waals surface area contributed by atoms with Crippen molar-refractivity contribution >= 4 is 5.91 Å². The van der Waals surface area contributed by atoms with Crippen LogP contribution < -0.4 is 10.4 Å². The van der Waals surface area contributed by atoms with E-state index in [1.807, 2.05) is 17.1 Å². The minimum Gasteiger partial charge on any atom is -0.502 e. The first-order valence-corrected chi connectivity index (χ1v) is 13.6. The van der Waals surface area contributed by atoms with Crippen LogP contribution in [0.15, 0.2) is 53.5 Å². The molecule has 1 spiro atoms. The van der Waals surface area contributed by atoms with Crippen LogP contribution in [-0.4, -0.2) is 45.0 Å². The van der Waals surface area contributed by atoms with Gasteiger partial charge >= 0.3 is 0 Å². The van der Waals surface area contributed by atoms with Crippen molar-refractivity contribution in [1.29, 1.82) is 0 Å². The van der Waals surface area contributed by atoms with Crippen molar-refractivity contribution in [3.05, 3.63) is 98.5 Å². The van der Waals surface area contributed by atoms with Crippen LogP contribution in [0.5, 0.6) is 5.75 Å². The van der Waals surface area contributed by atoms with Crippen LogP contribution in [-0.2, 0) is 17.6 Å². The predicted molar refractivity (Wildman–Crippen MR) is 137 cm³/mol. The van der Waals surface area contributed by atoms with Crippen LogP contribution in [0.2, 0.25) is 0 Å². The molecule has 1 aromatic heterocycles. The minimum atomic E-state index is -0.681. The largest absolute Gasteiger partial charge is 0.502 e. The highest BCUT2D eigenvalue weighted by Gasteiger charge is 2.63. The smallest absolute Gasteiger partial charge is 0.278 e. The number of benzene rings is 2. The quantitative estimate of drug-likeness (QED) is 0.518. The zero-order valence-electron chi connectivity index (χ0n) is 21.1. The summed E-state index contributed by atoms with van der Waals surface area (Å²) in [5.41, 5.74) is 1.22. The van der Waals surface area contributed by atoms with E-state index in [-0.39, 0.29) is 35.0 Å². The molecular weight excluding hydrogens is 504 g/mol. The van der Waals surface area contributed by atoms with Gasteiger partial charge in [0, 0.05) is 24.7 Å². The van der Waals surface area contributed by atoms with Crippen LogP contribution in [0.1, 0.15) is 64.5 Å². The highest BCUT2D eigenvalue weighted by atomic mass is 19.1. The summed E-state index contributed by atoms with van der Waals surface area (Å²) >= 11 is 0. The van der Waals surface area contributed by atoms with Gasteiger partial charge in [-0.3, -0.25) is 19.3 Å². The normalized spacial score (nSPS) is 28.9. The topological polar surface area (TPSA) is 75.0 Å². The Hall–Kier alpha value is -3.72. The van der Waals surface area contributed by atoms with E-state index in [0.717, 1.165) is 19.3 Å². The highest BCUT2D eigenvalue weighted by molar-refractivity contribution is 5.96. The predicted octanol–water partition coefficient (Wildman–Crippen LogP) is 3.78. The Morgan fingerprint density at radius 1 is 0.949 bits per heavy atom. The van der Waals surface area contributed by atoms with Crippen molar-refractivity contribution in [3.63, 3.8) is 0 Å². The molecule has 2 bridgehead atoms. The second-order valence-electron chi connectivity index (χ2n) is 11.5. The molecule has 3 saturated heterocycles. The second-order valence-corrected chi connectivity index (χ2v) is 11.5. The number of pyridine rings is 1. The Kier molecular flexibility index (Phi) is 4.70. The molecule has 2 aromatic carbocycles. The number of amides is 1. The summed E-state index contributed by atoms with van der Waals surface area (Å²) in [4.78, 5) is 28.2. The van der Waals surface area contributed by atoms with E-state index in [2.05, 4.69) is 0 Å². The molecule has 7 nitrogen and oxygen atoms in total. The lowest BCUT2D eigenvalue weighted by molar-refractivity contribution is -0.0756. The van der Waals surface area contributed by atoms with E-state index >= 15 is 8.78 Å². The van der Waals surface area contributed by atoms with Crippen LogP contribution in [0.25, 0.3) is 0 Å². The summed E-state index contributed by atoms with van der Waals surface area (Å²) in [5, 5.41) is 12.9. The number of ether oxygens (including phenoxy) is 1. The monoisotopic (exact) mass is 531 g/mol. The molecule has 1 N–H and O–H groups in total. The maximum atomic E-state index is 15.4. The maximum absolute atomic E-state index is 15.4. The van der Waals surface area contributed by atoms with Crippen LogP contribution in [0, 0.1) is 17.6 Å². The van der Waals surface area contributed by atoms with Crippen molar-refractivity contribution in [3.8, 4) is 5.75 Å². The van der Waals surface area contributed by atoms with Crippen molar-refractivity contribution in [2.75, 3.05) is 11.6 Å². The number of fused-ring (bicyclic) bond motifs is 6. The van der Waals surface area contributed by atoms with Gasteiger partial charge in [0.25, 0.3) is 5.91 Å². The molecule has 0 unspecified atom stereocenters. The lowest BCUT2D eigenvalue weighted by atomic mass is 9.71. The number of hydrogen-bond acceptors (Lipinski definition) is 5.